The number of unbranched alkanes of at least 4 members (excludes halogenated alkanes) is 2. The lowest BCUT2D eigenvalue weighted by atomic mass is 10.0. The highest BCUT2D eigenvalue weighted by molar-refractivity contribution is 5.78. The number of nitrogens with zero attached hydrogens (tertiary/aromatic N) is 3. The molecule has 0 saturated carbocycles. The number of aryl methyl sites for hydroxylation is 5. The van der Waals surface area contributed by atoms with Crippen LogP contribution in [-0.2, 0) is 25.5 Å². The Bertz CT molecular complexity index is 1730. The Morgan fingerprint density at radius 3 is 1.78 bits per heavy atom. The van der Waals surface area contributed by atoms with Gasteiger partial charge < -0.3 is 14.6 Å². The number of hydrogen-bond acceptors (Lipinski definition) is 8. The minimum atomic E-state index is 0.184. The van der Waals surface area contributed by atoms with Gasteiger partial charge in [-0.05, 0) is 108 Å². The monoisotopic (exact) mass is 737 g/mol. The van der Waals surface area contributed by atoms with Crippen LogP contribution in [0.3, 0.4) is 0 Å². The largest absolute Gasteiger partial charge is 0.507 e. The van der Waals surface area contributed by atoms with E-state index in [1.54, 1.807) is 20.1 Å². The van der Waals surface area contributed by atoms with Crippen LogP contribution < -0.4 is 0 Å². The summed E-state index contributed by atoms with van der Waals surface area (Å²) in [6.45, 7) is 23.1. The van der Waals surface area contributed by atoms with Gasteiger partial charge in [-0.25, -0.2) is 15.0 Å². The maximum absolute atomic E-state index is 11.1. The van der Waals surface area contributed by atoms with Crippen LogP contribution in [0.5, 0.6) is 5.75 Å². The Morgan fingerprint density at radius 1 is 0.815 bits per heavy atom. The van der Waals surface area contributed by atoms with Crippen molar-refractivity contribution in [3.8, 4) is 39.9 Å². The highest BCUT2D eigenvalue weighted by Gasteiger charge is 2.17. The lowest BCUT2D eigenvalue weighted by molar-refractivity contribution is -0.118. The van der Waals surface area contributed by atoms with Gasteiger partial charge in [0.1, 0.15) is 17.8 Å². The predicted octanol–water partition coefficient (Wildman–Crippen LogP) is 10.7. The number of carbonyl (C=O) groups is 2. The molecule has 4 rings (SSSR count). The van der Waals surface area contributed by atoms with Crippen molar-refractivity contribution < 1.29 is 24.2 Å². The van der Waals surface area contributed by atoms with Crippen LogP contribution in [0.1, 0.15) is 101 Å². The number of carbonyl (C=O) groups excluding carboxylic acids is 2. The molecule has 2 atom stereocenters. The van der Waals surface area contributed by atoms with E-state index in [2.05, 4.69) is 91.4 Å². The minimum Gasteiger partial charge on any atom is -0.507 e. The molecule has 0 aliphatic heterocycles. The van der Waals surface area contributed by atoms with Gasteiger partial charge in [0.25, 0.3) is 0 Å². The van der Waals surface area contributed by atoms with E-state index in [0.717, 1.165) is 85.8 Å². The highest BCUT2D eigenvalue weighted by atomic mass is 16.5. The Balaban J connectivity index is 0.000000373. The lowest BCUT2D eigenvalue weighted by Gasteiger charge is -2.17. The number of Topliss-reactive ketones (excluding diaryl/α,β-unsaturated/α-hetero) is 1. The van der Waals surface area contributed by atoms with E-state index < -0.39 is 0 Å². The number of allylic oxidation sites excluding steroid dienone is 1. The number of aldehydes is 1. The molecular formula is C46H63N3O5. The van der Waals surface area contributed by atoms with Crippen molar-refractivity contribution in [2.45, 2.75) is 113 Å². The maximum atomic E-state index is 11.1. The van der Waals surface area contributed by atoms with Gasteiger partial charge >= 0.3 is 0 Å². The number of phenols is 1. The van der Waals surface area contributed by atoms with Crippen LogP contribution in [0.25, 0.3) is 34.2 Å². The van der Waals surface area contributed by atoms with Crippen LogP contribution in [0.4, 0.5) is 0 Å². The van der Waals surface area contributed by atoms with Gasteiger partial charge in [-0.2, -0.15) is 0 Å². The first-order valence-electron chi connectivity index (χ1n) is 19.2. The zero-order valence-electron chi connectivity index (χ0n) is 34.4. The number of phenolic OH excluding ortho intramolecular Hbond substituents is 1. The number of aromatic hydroxyl groups is 1. The third-order valence-electron chi connectivity index (χ3n) is 8.88. The van der Waals surface area contributed by atoms with Crippen molar-refractivity contribution in [2.75, 3.05) is 20.3 Å². The van der Waals surface area contributed by atoms with Gasteiger partial charge in [0, 0.05) is 44.3 Å². The molecular weight excluding hydrogens is 675 g/mol. The number of aromatic nitrogens is 3. The number of rotatable bonds is 17. The molecule has 4 aromatic rings. The fourth-order valence-electron chi connectivity index (χ4n) is 5.90. The SMILES string of the molecule is C=C(C)C=O.CCC(=O)CCCCCOC(C)CC(C)COC.CCc1ccc(-c2nc(-c3ccc(C)cc3C)nc(-c3ccc(C)cc3C)n2)c(O)c1. The van der Waals surface area contributed by atoms with Crippen LogP contribution in [0.15, 0.2) is 66.7 Å². The van der Waals surface area contributed by atoms with Gasteiger partial charge in [0.15, 0.2) is 17.5 Å². The summed E-state index contributed by atoms with van der Waals surface area (Å²) in [5.74, 6) is 2.79. The Kier molecular flexibility index (Phi) is 20.3. The lowest BCUT2D eigenvalue weighted by Crippen LogP contribution is -2.16. The van der Waals surface area contributed by atoms with E-state index in [9.17, 15) is 14.7 Å². The zero-order valence-corrected chi connectivity index (χ0v) is 34.4. The molecule has 0 aliphatic carbocycles. The molecule has 0 fully saturated rings. The van der Waals surface area contributed by atoms with Crippen molar-refractivity contribution in [3.63, 3.8) is 0 Å². The normalized spacial score (nSPS) is 11.7. The quantitative estimate of drug-likeness (QED) is 0.0647. The van der Waals surface area contributed by atoms with E-state index in [1.165, 1.54) is 11.1 Å². The number of hydrogen-bond donors (Lipinski definition) is 1. The van der Waals surface area contributed by atoms with Crippen LogP contribution in [0, 0.1) is 33.6 Å². The molecule has 0 spiro atoms. The van der Waals surface area contributed by atoms with Gasteiger partial charge in [0.05, 0.1) is 11.7 Å². The van der Waals surface area contributed by atoms with Crippen LogP contribution in [-0.4, -0.2) is 58.6 Å². The molecule has 1 N–H and O–H groups in total. The fourth-order valence-corrected chi connectivity index (χ4v) is 5.90. The molecule has 8 nitrogen and oxygen atoms in total. The van der Waals surface area contributed by atoms with E-state index >= 15 is 0 Å². The van der Waals surface area contributed by atoms with Crippen LogP contribution >= 0.6 is 0 Å². The first-order chi connectivity index (χ1) is 25.7. The summed E-state index contributed by atoms with van der Waals surface area (Å²) in [5, 5.41) is 10.7. The maximum Gasteiger partial charge on any atom is 0.167 e. The molecule has 0 radical (unpaired) electrons. The topological polar surface area (TPSA) is 112 Å². The fraction of sp³-hybridized carbons (Fsp3) is 0.457. The average Bonchev–Trinajstić information content (AvgIpc) is 3.13. The van der Waals surface area contributed by atoms with E-state index in [0.29, 0.717) is 52.8 Å². The van der Waals surface area contributed by atoms with Crippen molar-refractivity contribution >= 4 is 12.1 Å². The molecule has 0 amide bonds. The molecule has 0 bridgehead atoms. The Labute approximate surface area is 324 Å². The molecule has 3 aromatic carbocycles. The predicted molar refractivity (Wildman–Crippen MR) is 222 cm³/mol. The Hall–Kier alpha value is -4.53. The summed E-state index contributed by atoms with van der Waals surface area (Å²) < 4.78 is 10.9. The summed E-state index contributed by atoms with van der Waals surface area (Å²) in [6, 6.07) is 18.2. The number of ketones is 1. The smallest absolute Gasteiger partial charge is 0.167 e. The molecule has 292 valence electrons. The summed E-state index contributed by atoms with van der Waals surface area (Å²) in [7, 11) is 1.74. The van der Waals surface area contributed by atoms with Gasteiger partial charge in [-0.3, -0.25) is 9.59 Å². The highest BCUT2D eigenvalue weighted by Crippen LogP contribution is 2.32. The van der Waals surface area contributed by atoms with Gasteiger partial charge in [-0.1, -0.05) is 87.4 Å². The third-order valence-corrected chi connectivity index (χ3v) is 8.88. The summed E-state index contributed by atoms with van der Waals surface area (Å²) in [4.78, 5) is 34.9. The molecule has 54 heavy (non-hydrogen) atoms. The van der Waals surface area contributed by atoms with Crippen molar-refractivity contribution in [1.82, 2.24) is 15.0 Å². The first kappa shape index (κ1) is 45.6. The first-order valence-corrected chi connectivity index (χ1v) is 19.2. The van der Waals surface area contributed by atoms with Crippen molar-refractivity contribution in [3.05, 3.63) is 94.6 Å². The second-order valence-corrected chi connectivity index (χ2v) is 14.3. The molecule has 0 aliphatic rings. The second kappa shape index (κ2) is 24.0. The van der Waals surface area contributed by atoms with E-state index in [4.69, 9.17) is 24.4 Å². The van der Waals surface area contributed by atoms with Gasteiger partial charge in [-0.15, -0.1) is 0 Å². The summed E-state index contributed by atoms with van der Waals surface area (Å²) in [6.07, 6.45) is 7.47. The Morgan fingerprint density at radius 2 is 1.33 bits per heavy atom. The standard InChI is InChI=1S/C27H27N3O.C15H30O3.C4H6O/c1-6-20-9-12-23(24(31)15-20)27-29-25(21-10-7-16(2)13-18(21)4)28-26(30-27)22-11-8-17(3)14-19(22)5;1-5-15(16)9-7-6-8-10-18-14(3)11-13(2)12-17-4;1-4(2)3-5/h7-15,31H,6H2,1-5H3;13-14H,5-12H2,1-4H3;3H,1H2,2H3. The molecule has 1 aromatic heterocycles. The number of benzene rings is 3. The van der Waals surface area contributed by atoms with E-state index in [1.807, 2.05) is 19.1 Å². The molecule has 2 unspecified atom stereocenters. The zero-order chi connectivity index (χ0) is 40.2. The van der Waals surface area contributed by atoms with Crippen molar-refractivity contribution in [2.24, 2.45) is 5.92 Å². The minimum absolute atomic E-state index is 0.184. The number of methoxy groups -OCH3 is 1. The number of ether oxygens (including phenoxy) is 2. The molecule has 1 heterocycles. The average molecular weight is 738 g/mol. The van der Waals surface area contributed by atoms with Gasteiger partial charge in [0.2, 0.25) is 0 Å². The summed E-state index contributed by atoms with van der Waals surface area (Å²) in [5.41, 5.74) is 8.77. The molecule has 0 saturated heterocycles. The summed E-state index contributed by atoms with van der Waals surface area (Å²) >= 11 is 0. The molecule has 8 heteroatoms. The van der Waals surface area contributed by atoms with E-state index in [-0.39, 0.29) is 5.75 Å². The third kappa shape index (κ3) is 15.8. The second-order valence-electron chi connectivity index (χ2n) is 14.3. The van der Waals surface area contributed by atoms with Crippen molar-refractivity contribution in [1.29, 1.82) is 0 Å². The van der Waals surface area contributed by atoms with Crippen LogP contribution in [0.2, 0.25) is 0 Å².